The van der Waals surface area contributed by atoms with E-state index in [9.17, 15) is 4.79 Å². The van der Waals surface area contributed by atoms with Gasteiger partial charge in [-0.15, -0.1) is 0 Å². The number of rotatable bonds is 1. The van der Waals surface area contributed by atoms with Crippen molar-refractivity contribution >= 4 is 0 Å². The second-order valence-electron chi connectivity index (χ2n) is 2.24. The first-order valence-electron chi connectivity index (χ1n) is 3.02. The summed E-state index contributed by atoms with van der Waals surface area (Å²) in [7, 11) is 0. The molecule has 54 valence electrons. The Morgan fingerprint density at radius 3 is 2.70 bits per heavy atom. The van der Waals surface area contributed by atoms with Gasteiger partial charge in [-0.3, -0.25) is 0 Å². The maximum atomic E-state index is 10.5. The van der Waals surface area contributed by atoms with Crippen molar-refractivity contribution in [3.05, 3.63) is 22.8 Å². The zero-order valence-electron chi connectivity index (χ0n) is 5.87. The van der Waals surface area contributed by atoms with Crippen LogP contribution in [0.5, 0.6) is 0 Å². The first kappa shape index (κ1) is 6.92. The molecule has 0 atom stereocenters. The highest BCUT2D eigenvalue weighted by molar-refractivity contribution is 4.86. The third kappa shape index (κ3) is 1.40. The van der Waals surface area contributed by atoms with Crippen molar-refractivity contribution in [2.24, 2.45) is 0 Å². The van der Waals surface area contributed by atoms with E-state index in [4.69, 9.17) is 0 Å². The Hall–Kier alpha value is -1.19. The van der Waals surface area contributed by atoms with Crippen LogP contribution in [0, 0.1) is 0 Å². The average molecular weight is 140 g/mol. The van der Waals surface area contributed by atoms with Gasteiger partial charge >= 0.3 is 5.76 Å². The molecular weight excluding hydrogens is 132 g/mol. The van der Waals surface area contributed by atoms with Crippen molar-refractivity contribution in [3.8, 4) is 0 Å². The Labute approximate surface area is 57.9 Å². The van der Waals surface area contributed by atoms with Crippen LogP contribution < -0.4 is 5.76 Å². The minimum absolute atomic E-state index is 0.170. The fourth-order valence-corrected chi connectivity index (χ4v) is 0.552. The topological polar surface area (TPSA) is 56.0 Å². The zero-order valence-corrected chi connectivity index (χ0v) is 5.87. The fourth-order valence-electron chi connectivity index (χ4n) is 0.552. The van der Waals surface area contributed by atoms with Gasteiger partial charge < -0.3 is 4.42 Å². The van der Waals surface area contributed by atoms with E-state index in [2.05, 4.69) is 14.4 Å². The summed E-state index contributed by atoms with van der Waals surface area (Å²) in [5, 5.41) is 0. The van der Waals surface area contributed by atoms with Gasteiger partial charge in [-0.2, -0.15) is 4.98 Å². The molecule has 0 spiro atoms. The Morgan fingerprint density at radius 2 is 2.30 bits per heavy atom. The number of aromatic nitrogens is 2. The molecule has 0 fully saturated rings. The molecule has 1 rings (SSSR count). The van der Waals surface area contributed by atoms with Crippen molar-refractivity contribution in [1.82, 2.24) is 9.97 Å². The third-order valence-electron chi connectivity index (χ3n) is 1.06. The molecule has 0 amide bonds. The summed E-state index contributed by atoms with van der Waals surface area (Å²) in [5.41, 5.74) is 0. The average Bonchev–Trinajstić information content (AvgIpc) is 1.88. The molecule has 10 heavy (non-hydrogen) atoms. The molecule has 4 nitrogen and oxygen atoms in total. The van der Waals surface area contributed by atoms with Crippen molar-refractivity contribution in [3.63, 3.8) is 0 Å². The van der Waals surface area contributed by atoms with Gasteiger partial charge in [0.05, 0.1) is 0 Å². The molecule has 0 unspecified atom stereocenters. The highest BCUT2D eigenvalue weighted by Gasteiger charge is 2.01. The van der Waals surface area contributed by atoms with Crippen molar-refractivity contribution in [2.75, 3.05) is 0 Å². The second kappa shape index (κ2) is 2.60. The van der Waals surface area contributed by atoms with Crippen LogP contribution in [-0.2, 0) is 0 Å². The number of hydrogen-bond donors (Lipinski definition) is 0. The summed E-state index contributed by atoms with van der Waals surface area (Å²) < 4.78 is 4.34. The van der Waals surface area contributed by atoms with Crippen LogP contribution in [0.15, 0.2) is 15.6 Å². The van der Waals surface area contributed by atoms with Gasteiger partial charge in [-0.1, -0.05) is 13.8 Å². The summed E-state index contributed by atoms with van der Waals surface area (Å²) in [6, 6.07) is 0. The van der Waals surface area contributed by atoms with Crippen LogP contribution in [0.3, 0.4) is 0 Å². The van der Waals surface area contributed by atoms with Gasteiger partial charge in [0.25, 0.3) is 0 Å². The molecule has 4 heteroatoms. The first-order valence-corrected chi connectivity index (χ1v) is 3.02. The van der Waals surface area contributed by atoms with E-state index in [1.54, 1.807) is 0 Å². The lowest BCUT2D eigenvalue weighted by Gasteiger charge is -1.97. The minimum atomic E-state index is -0.585. The summed E-state index contributed by atoms with van der Waals surface area (Å²) in [6.07, 6.45) is 1.12. The molecule has 0 aliphatic heterocycles. The van der Waals surface area contributed by atoms with Gasteiger partial charge in [0.2, 0.25) is 0 Å². The van der Waals surface area contributed by atoms with Gasteiger partial charge in [-0.25, -0.2) is 9.78 Å². The highest BCUT2D eigenvalue weighted by atomic mass is 16.4. The normalized spacial score (nSPS) is 10.3. The highest BCUT2D eigenvalue weighted by Crippen LogP contribution is 2.03. The van der Waals surface area contributed by atoms with E-state index in [1.165, 1.54) is 0 Å². The van der Waals surface area contributed by atoms with E-state index >= 15 is 0 Å². The molecular formula is C6H8N2O2. The third-order valence-corrected chi connectivity index (χ3v) is 1.06. The van der Waals surface area contributed by atoms with E-state index in [1.807, 2.05) is 13.8 Å². The largest absolute Gasteiger partial charge is 0.441 e. The van der Waals surface area contributed by atoms with Crippen LogP contribution in [0.4, 0.5) is 0 Å². The standard InChI is InChI=1S/C6H8N2O2/c1-4(2)5-7-3-10-6(9)8-5/h3-4H,1-2H3. The molecule has 0 aliphatic rings. The molecule has 1 aromatic rings. The Kier molecular flexibility index (Phi) is 1.80. The molecule has 1 heterocycles. The maximum absolute atomic E-state index is 10.5. The minimum Gasteiger partial charge on any atom is -0.397 e. The van der Waals surface area contributed by atoms with Crippen LogP contribution >= 0.6 is 0 Å². The van der Waals surface area contributed by atoms with E-state index in [0.29, 0.717) is 5.82 Å². The molecule has 0 N–H and O–H groups in total. The van der Waals surface area contributed by atoms with E-state index in [-0.39, 0.29) is 5.92 Å². The van der Waals surface area contributed by atoms with E-state index in [0.717, 1.165) is 6.39 Å². The first-order chi connectivity index (χ1) is 4.70. The van der Waals surface area contributed by atoms with Gasteiger partial charge in [0.15, 0.2) is 6.39 Å². The van der Waals surface area contributed by atoms with Gasteiger partial charge in [0.1, 0.15) is 5.82 Å². The molecule has 0 aromatic carbocycles. The Morgan fingerprint density at radius 1 is 1.60 bits per heavy atom. The van der Waals surface area contributed by atoms with Crippen LogP contribution in [-0.4, -0.2) is 9.97 Å². The second-order valence-corrected chi connectivity index (χ2v) is 2.24. The molecule has 1 aromatic heterocycles. The van der Waals surface area contributed by atoms with Gasteiger partial charge in [-0.05, 0) is 0 Å². The number of nitrogens with zero attached hydrogens (tertiary/aromatic N) is 2. The summed E-state index contributed by atoms with van der Waals surface area (Å²) in [5.74, 6) is 0.110. The Bertz CT molecular complexity index is 266. The molecule has 0 aliphatic carbocycles. The smallest absolute Gasteiger partial charge is 0.397 e. The molecule has 0 bridgehead atoms. The van der Waals surface area contributed by atoms with Crippen molar-refractivity contribution < 1.29 is 4.42 Å². The molecule has 0 saturated heterocycles. The lowest BCUT2D eigenvalue weighted by molar-refractivity contribution is 0.448. The predicted molar refractivity (Wildman–Crippen MR) is 34.7 cm³/mol. The number of hydrogen-bond acceptors (Lipinski definition) is 4. The van der Waals surface area contributed by atoms with E-state index < -0.39 is 5.76 Å². The van der Waals surface area contributed by atoms with Crippen molar-refractivity contribution in [2.45, 2.75) is 19.8 Å². The lowest BCUT2D eigenvalue weighted by atomic mass is 10.2. The summed E-state index contributed by atoms with van der Waals surface area (Å²) in [6.45, 7) is 3.82. The van der Waals surface area contributed by atoms with Crippen LogP contribution in [0.2, 0.25) is 0 Å². The monoisotopic (exact) mass is 140 g/mol. The zero-order chi connectivity index (χ0) is 7.56. The SMILES string of the molecule is CC(C)c1ncoc(=O)n1. The van der Waals surface area contributed by atoms with Crippen LogP contribution in [0.1, 0.15) is 25.6 Å². The molecule has 0 saturated carbocycles. The van der Waals surface area contributed by atoms with Crippen molar-refractivity contribution in [1.29, 1.82) is 0 Å². The summed E-state index contributed by atoms with van der Waals surface area (Å²) >= 11 is 0. The fraction of sp³-hybridized carbons (Fsp3) is 0.500. The van der Waals surface area contributed by atoms with Crippen LogP contribution in [0.25, 0.3) is 0 Å². The lowest BCUT2D eigenvalue weighted by Crippen LogP contribution is -2.09. The Balaban J connectivity index is 3.07. The molecule has 0 radical (unpaired) electrons. The maximum Gasteiger partial charge on any atom is 0.441 e. The predicted octanol–water partition coefficient (Wildman–Crippen LogP) is 0.553. The summed E-state index contributed by atoms with van der Waals surface area (Å²) in [4.78, 5) is 17.8. The van der Waals surface area contributed by atoms with Gasteiger partial charge in [0, 0.05) is 5.92 Å². The quantitative estimate of drug-likeness (QED) is 0.571.